The Kier molecular flexibility index (Phi) is 3.48. The maximum Gasteiger partial charge on any atom is 0.338 e. The molecule has 0 bridgehead atoms. The van der Waals surface area contributed by atoms with Crippen LogP contribution in [-0.4, -0.2) is 11.1 Å². The Labute approximate surface area is 107 Å². The molecule has 0 aliphatic heterocycles. The van der Waals surface area contributed by atoms with Crippen molar-refractivity contribution in [2.24, 2.45) is 0 Å². The predicted molar refractivity (Wildman–Crippen MR) is 64.1 cm³/mol. The summed E-state index contributed by atoms with van der Waals surface area (Å²) in [6.07, 6.45) is 1.14. The number of halogens is 1. The summed E-state index contributed by atoms with van der Waals surface area (Å²) in [6, 6.07) is 7.17. The number of nitrogens with zero attached hydrogens (tertiary/aromatic N) is 1. The molecule has 0 saturated carbocycles. The van der Waals surface area contributed by atoms with Crippen LogP contribution in [0.2, 0.25) is 0 Å². The summed E-state index contributed by atoms with van der Waals surface area (Å²) in [6.45, 7) is 0.240. The molecule has 2 rings (SSSR count). The highest BCUT2D eigenvalue weighted by molar-refractivity contribution is 5.87. The highest BCUT2D eigenvalue weighted by Gasteiger charge is 2.08. The lowest BCUT2D eigenvalue weighted by atomic mass is 10.2. The molecule has 0 radical (unpaired) electrons. The zero-order valence-electron chi connectivity index (χ0n) is 9.68. The largest absolute Gasteiger partial charge is 0.478 e. The van der Waals surface area contributed by atoms with Gasteiger partial charge in [0.15, 0.2) is 0 Å². The van der Waals surface area contributed by atoms with Crippen LogP contribution in [0.3, 0.4) is 0 Å². The number of carbonyl (C=O) groups is 1. The van der Waals surface area contributed by atoms with Gasteiger partial charge in [0.05, 0.1) is 17.7 Å². The SMILES string of the molecule is N#Cc1cc(NCc2cc(C(=O)O)co2)ccc1F. The van der Waals surface area contributed by atoms with Gasteiger partial charge in [0, 0.05) is 5.69 Å². The monoisotopic (exact) mass is 260 g/mol. The van der Waals surface area contributed by atoms with Crippen molar-refractivity contribution in [1.29, 1.82) is 5.26 Å². The molecule has 96 valence electrons. The Hall–Kier alpha value is -2.81. The number of carboxylic acid groups (broad SMARTS) is 1. The summed E-state index contributed by atoms with van der Waals surface area (Å²) in [5, 5.41) is 20.3. The Morgan fingerprint density at radius 1 is 1.47 bits per heavy atom. The van der Waals surface area contributed by atoms with Gasteiger partial charge in [-0.15, -0.1) is 0 Å². The second-order valence-electron chi connectivity index (χ2n) is 3.77. The topological polar surface area (TPSA) is 86.3 Å². The van der Waals surface area contributed by atoms with E-state index in [9.17, 15) is 9.18 Å². The highest BCUT2D eigenvalue weighted by Crippen LogP contribution is 2.16. The van der Waals surface area contributed by atoms with E-state index in [4.69, 9.17) is 14.8 Å². The number of nitriles is 1. The lowest BCUT2D eigenvalue weighted by Gasteiger charge is -2.04. The third-order valence-corrected chi connectivity index (χ3v) is 2.45. The molecule has 19 heavy (non-hydrogen) atoms. The fourth-order valence-corrected chi connectivity index (χ4v) is 1.50. The lowest BCUT2D eigenvalue weighted by Crippen LogP contribution is -1.99. The normalized spacial score (nSPS) is 9.89. The molecule has 0 fully saturated rings. The molecule has 0 aliphatic carbocycles. The summed E-state index contributed by atoms with van der Waals surface area (Å²) in [4.78, 5) is 10.7. The van der Waals surface area contributed by atoms with Crippen LogP contribution in [0.5, 0.6) is 0 Å². The van der Waals surface area contributed by atoms with Gasteiger partial charge in [-0.05, 0) is 24.3 Å². The molecule has 0 saturated heterocycles. The minimum absolute atomic E-state index is 0.0596. The van der Waals surface area contributed by atoms with Crippen LogP contribution in [0.25, 0.3) is 0 Å². The van der Waals surface area contributed by atoms with Gasteiger partial charge in [0.1, 0.15) is 23.9 Å². The maximum atomic E-state index is 13.1. The maximum absolute atomic E-state index is 13.1. The summed E-state index contributed by atoms with van der Waals surface area (Å²) < 4.78 is 18.1. The fraction of sp³-hybridized carbons (Fsp3) is 0.0769. The second-order valence-corrected chi connectivity index (χ2v) is 3.77. The van der Waals surface area contributed by atoms with Crippen LogP contribution >= 0.6 is 0 Å². The molecule has 6 heteroatoms. The number of anilines is 1. The van der Waals surface area contributed by atoms with Gasteiger partial charge in [-0.25, -0.2) is 9.18 Å². The molecule has 0 amide bonds. The highest BCUT2D eigenvalue weighted by atomic mass is 19.1. The number of carboxylic acids is 1. The first kappa shape index (κ1) is 12.6. The van der Waals surface area contributed by atoms with E-state index in [0.717, 1.165) is 6.26 Å². The van der Waals surface area contributed by atoms with E-state index >= 15 is 0 Å². The molecule has 1 aromatic heterocycles. The summed E-state index contributed by atoms with van der Waals surface area (Å²) >= 11 is 0. The quantitative estimate of drug-likeness (QED) is 0.882. The van der Waals surface area contributed by atoms with Crippen molar-refractivity contribution in [3.8, 4) is 6.07 Å². The van der Waals surface area contributed by atoms with Crippen LogP contribution in [0, 0.1) is 17.1 Å². The van der Waals surface area contributed by atoms with Crippen LogP contribution in [0.4, 0.5) is 10.1 Å². The number of nitrogens with one attached hydrogen (secondary N) is 1. The molecule has 0 spiro atoms. The van der Waals surface area contributed by atoms with Gasteiger partial charge < -0.3 is 14.8 Å². The Bertz CT molecular complexity index is 658. The second kappa shape index (κ2) is 5.23. The lowest BCUT2D eigenvalue weighted by molar-refractivity contribution is 0.0696. The average Bonchev–Trinajstić information content (AvgIpc) is 2.87. The van der Waals surface area contributed by atoms with Crippen molar-refractivity contribution in [3.63, 3.8) is 0 Å². The Morgan fingerprint density at radius 3 is 2.89 bits per heavy atom. The fourth-order valence-electron chi connectivity index (χ4n) is 1.50. The average molecular weight is 260 g/mol. The van der Waals surface area contributed by atoms with E-state index in [0.29, 0.717) is 11.4 Å². The number of aromatic carboxylic acids is 1. The Balaban J connectivity index is 2.06. The van der Waals surface area contributed by atoms with Crippen molar-refractivity contribution < 1.29 is 18.7 Å². The van der Waals surface area contributed by atoms with Gasteiger partial charge in [-0.1, -0.05) is 0 Å². The first-order chi connectivity index (χ1) is 9.10. The zero-order chi connectivity index (χ0) is 13.8. The molecule has 2 aromatic rings. The van der Waals surface area contributed by atoms with E-state index in [1.807, 2.05) is 0 Å². The van der Waals surface area contributed by atoms with E-state index in [1.165, 1.54) is 24.3 Å². The van der Waals surface area contributed by atoms with Crippen molar-refractivity contribution in [2.75, 3.05) is 5.32 Å². The minimum atomic E-state index is -1.07. The predicted octanol–water partition coefficient (Wildman–Crippen LogP) is 2.60. The summed E-state index contributed by atoms with van der Waals surface area (Å²) in [5.41, 5.74) is 0.551. The minimum Gasteiger partial charge on any atom is -0.478 e. The third kappa shape index (κ3) is 2.90. The first-order valence-corrected chi connectivity index (χ1v) is 5.34. The Morgan fingerprint density at radius 2 is 2.26 bits per heavy atom. The smallest absolute Gasteiger partial charge is 0.338 e. The van der Waals surface area contributed by atoms with Crippen molar-refractivity contribution >= 4 is 11.7 Å². The zero-order valence-corrected chi connectivity index (χ0v) is 9.68. The standard InChI is InChI=1S/C13H9FN2O3/c14-12-2-1-10(3-8(12)5-15)16-6-11-4-9(7-19-11)13(17)18/h1-4,7,16H,6H2,(H,17,18). The van der Waals surface area contributed by atoms with E-state index in [2.05, 4.69) is 5.32 Å². The van der Waals surface area contributed by atoms with E-state index < -0.39 is 11.8 Å². The van der Waals surface area contributed by atoms with Crippen molar-refractivity contribution in [3.05, 3.63) is 53.2 Å². The molecule has 0 aliphatic rings. The van der Waals surface area contributed by atoms with Gasteiger partial charge in [0.25, 0.3) is 0 Å². The molecule has 1 aromatic carbocycles. The van der Waals surface area contributed by atoms with Crippen molar-refractivity contribution in [1.82, 2.24) is 0 Å². The number of benzene rings is 1. The number of hydrogen-bond donors (Lipinski definition) is 2. The molecule has 5 nitrogen and oxygen atoms in total. The molecule has 2 N–H and O–H groups in total. The van der Waals surface area contributed by atoms with Crippen LogP contribution < -0.4 is 5.32 Å². The molecule has 0 unspecified atom stereocenters. The van der Waals surface area contributed by atoms with Crippen LogP contribution in [-0.2, 0) is 6.54 Å². The number of rotatable bonds is 4. The molecule has 0 atom stereocenters. The number of furan rings is 1. The summed E-state index contributed by atoms with van der Waals surface area (Å²) in [7, 11) is 0. The van der Waals surface area contributed by atoms with Gasteiger partial charge >= 0.3 is 5.97 Å². The van der Waals surface area contributed by atoms with Crippen molar-refractivity contribution in [2.45, 2.75) is 6.54 Å². The third-order valence-electron chi connectivity index (χ3n) is 2.45. The molecular weight excluding hydrogens is 251 g/mol. The van der Waals surface area contributed by atoms with Gasteiger partial charge in [0.2, 0.25) is 0 Å². The summed E-state index contributed by atoms with van der Waals surface area (Å²) in [5.74, 6) is -1.22. The van der Waals surface area contributed by atoms with E-state index in [-0.39, 0.29) is 17.7 Å². The van der Waals surface area contributed by atoms with Crippen LogP contribution in [0.15, 0.2) is 34.9 Å². The van der Waals surface area contributed by atoms with Crippen LogP contribution in [0.1, 0.15) is 21.7 Å². The molecule has 1 heterocycles. The first-order valence-electron chi connectivity index (χ1n) is 5.34. The molecular formula is C13H9FN2O3. The van der Waals surface area contributed by atoms with Gasteiger partial charge in [-0.3, -0.25) is 0 Å². The van der Waals surface area contributed by atoms with Gasteiger partial charge in [-0.2, -0.15) is 5.26 Å². The number of hydrogen-bond acceptors (Lipinski definition) is 4. The van der Waals surface area contributed by atoms with E-state index in [1.54, 1.807) is 6.07 Å².